The number of rotatable bonds is 4. The third-order valence-corrected chi connectivity index (χ3v) is 4.14. The molecule has 1 aliphatic rings. The number of H-pyrrole nitrogens is 1. The van der Waals surface area contributed by atoms with Crippen LogP contribution in [0.5, 0.6) is 0 Å². The van der Waals surface area contributed by atoms with Crippen molar-refractivity contribution in [2.24, 2.45) is 5.92 Å². The summed E-state index contributed by atoms with van der Waals surface area (Å²) in [6.07, 6.45) is 3.84. The van der Waals surface area contributed by atoms with Crippen molar-refractivity contribution in [3.8, 4) is 0 Å². The first-order valence-electron chi connectivity index (χ1n) is 6.75. The summed E-state index contributed by atoms with van der Waals surface area (Å²) in [7, 11) is 0. The van der Waals surface area contributed by atoms with E-state index < -0.39 is 22.3 Å². The van der Waals surface area contributed by atoms with Crippen LogP contribution in [0.1, 0.15) is 43.1 Å². The Balaban J connectivity index is 2.22. The minimum absolute atomic E-state index is 0.0138. The Bertz CT molecular complexity index is 582. The molecule has 0 saturated heterocycles. The van der Waals surface area contributed by atoms with E-state index in [1.54, 1.807) is 6.92 Å². The van der Waals surface area contributed by atoms with Gasteiger partial charge in [0.15, 0.2) is 0 Å². The molecule has 1 aromatic heterocycles. The number of carboxylic acid groups (broad SMARTS) is 1. The fourth-order valence-electron chi connectivity index (χ4n) is 2.79. The first-order valence-corrected chi connectivity index (χ1v) is 6.75. The third kappa shape index (κ3) is 2.74. The van der Waals surface area contributed by atoms with Crippen LogP contribution in [0.25, 0.3) is 0 Å². The molecule has 0 bridgehead atoms. The number of hydrogen-bond donors (Lipinski definition) is 3. The fraction of sp³-hybridized carbons (Fsp3) is 0.538. The molecular formula is C13H17N3O5. The molecule has 2 rings (SSSR count). The first-order chi connectivity index (χ1) is 9.86. The van der Waals surface area contributed by atoms with Crippen molar-refractivity contribution in [3.05, 3.63) is 28.1 Å². The molecule has 1 amide bonds. The molecule has 2 unspecified atom stereocenters. The van der Waals surface area contributed by atoms with Crippen molar-refractivity contribution in [1.29, 1.82) is 0 Å². The molecule has 0 spiro atoms. The highest BCUT2D eigenvalue weighted by atomic mass is 16.6. The maximum Gasteiger partial charge on any atom is 0.329 e. The van der Waals surface area contributed by atoms with Gasteiger partial charge in [0.05, 0.1) is 11.1 Å². The number of carboxylic acids is 1. The van der Waals surface area contributed by atoms with Crippen molar-refractivity contribution >= 4 is 17.6 Å². The molecule has 1 heterocycles. The molecule has 3 N–H and O–H groups in total. The minimum Gasteiger partial charge on any atom is -0.479 e. The molecular weight excluding hydrogens is 278 g/mol. The molecule has 1 fully saturated rings. The summed E-state index contributed by atoms with van der Waals surface area (Å²) in [5, 5.41) is 22.7. The number of nitro groups is 1. The molecule has 21 heavy (non-hydrogen) atoms. The normalized spacial score (nSPS) is 25.3. The second kappa shape index (κ2) is 5.55. The summed E-state index contributed by atoms with van der Waals surface area (Å²) in [6, 6.07) is 1.10. The Kier molecular flexibility index (Phi) is 3.97. The SMILES string of the molecule is CC1CCCCC1(NC(=O)c1cc([N+](=O)[O-])c[nH]1)C(=O)O. The lowest BCUT2D eigenvalue weighted by Gasteiger charge is -2.39. The molecule has 0 radical (unpaired) electrons. The van der Waals surface area contributed by atoms with Gasteiger partial charge in [0.25, 0.3) is 11.6 Å². The van der Waals surface area contributed by atoms with Gasteiger partial charge in [-0.2, -0.15) is 0 Å². The van der Waals surface area contributed by atoms with Gasteiger partial charge in [0.1, 0.15) is 11.2 Å². The lowest BCUT2D eigenvalue weighted by molar-refractivity contribution is -0.384. The Hall–Kier alpha value is -2.38. The van der Waals surface area contributed by atoms with E-state index >= 15 is 0 Å². The van der Waals surface area contributed by atoms with E-state index in [0.29, 0.717) is 6.42 Å². The maximum atomic E-state index is 12.2. The van der Waals surface area contributed by atoms with Crippen molar-refractivity contribution < 1.29 is 19.6 Å². The Morgan fingerprint density at radius 2 is 2.24 bits per heavy atom. The summed E-state index contributed by atoms with van der Waals surface area (Å²) in [5.41, 5.74) is -1.56. The summed E-state index contributed by atoms with van der Waals surface area (Å²) < 4.78 is 0. The van der Waals surface area contributed by atoms with Crippen LogP contribution in [0.3, 0.4) is 0 Å². The van der Waals surface area contributed by atoms with Gasteiger partial charge in [0, 0.05) is 6.07 Å². The standard InChI is InChI=1S/C13H17N3O5/c1-8-4-2-3-5-13(8,12(18)19)15-11(17)10-6-9(7-14-10)16(20)21/h6-8,14H,2-5H2,1H3,(H,15,17)(H,18,19). The van der Waals surface area contributed by atoms with E-state index in [0.717, 1.165) is 31.5 Å². The molecule has 8 heteroatoms. The summed E-state index contributed by atoms with van der Waals surface area (Å²) in [5.74, 6) is -1.90. The fourth-order valence-corrected chi connectivity index (χ4v) is 2.79. The van der Waals surface area contributed by atoms with Gasteiger partial charge < -0.3 is 15.4 Å². The molecule has 1 aromatic rings. The zero-order valence-electron chi connectivity index (χ0n) is 11.6. The van der Waals surface area contributed by atoms with Crippen LogP contribution in [0.2, 0.25) is 0 Å². The number of carbonyl (C=O) groups excluding carboxylic acids is 1. The molecule has 0 aromatic carbocycles. The number of amides is 1. The zero-order chi connectivity index (χ0) is 15.6. The highest BCUT2D eigenvalue weighted by Crippen LogP contribution is 2.34. The zero-order valence-corrected chi connectivity index (χ0v) is 11.6. The monoisotopic (exact) mass is 295 g/mol. The predicted octanol–water partition coefficient (Wildman–Crippen LogP) is 1.69. The molecule has 8 nitrogen and oxygen atoms in total. The predicted molar refractivity (Wildman–Crippen MR) is 72.9 cm³/mol. The van der Waals surface area contributed by atoms with Crippen LogP contribution >= 0.6 is 0 Å². The van der Waals surface area contributed by atoms with Gasteiger partial charge in [-0.05, 0) is 18.8 Å². The van der Waals surface area contributed by atoms with Gasteiger partial charge in [-0.15, -0.1) is 0 Å². The van der Waals surface area contributed by atoms with Gasteiger partial charge in [-0.3, -0.25) is 14.9 Å². The average Bonchev–Trinajstić information content (AvgIpc) is 2.91. The quantitative estimate of drug-likeness (QED) is 0.575. The van der Waals surface area contributed by atoms with Crippen molar-refractivity contribution in [2.75, 3.05) is 0 Å². The van der Waals surface area contributed by atoms with E-state index in [4.69, 9.17) is 0 Å². The second-order valence-corrected chi connectivity index (χ2v) is 5.41. The van der Waals surface area contributed by atoms with E-state index in [9.17, 15) is 24.8 Å². The number of carbonyl (C=O) groups is 2. The molecule has 114 valence electrons. The van der Waals surface area contributed by atoms with E-state index in [1.165, 1.54) is 0 Å². The van der Waals surface area contributed by atoms with Crippen molar-refractivity contribution in [2.45, 2.75) is 38.1 Å². The van der Waals surface area contributed by atoms with Crippen LogP contribution in [0.4, 0.5) is 5.69 Å². The van der Waals surface area contributed by atoms with Crippen molar-refractivity contribution in [1.82, 2.24) is 10.3 Å². The van der Waals surface area contributed by atoms with E-state index in [1.807, 2.05) is 0 Å². The Morgan fingerprint density at radius 3 is 2.76 bits per heavy atom. The number of aliphatic carboxylic acids is 1. The number of nitrogens with one attached hydrogen (secondary N) is 2. The Labute approximate surface area is 120 Å². The second-order valence-electron chi connectivity index (χ2n) is 5.41. The third-order valence-electron chi connectivity index (χ3n) is 4.14. The summed E-state index contributed by atoms with van der Waals surface area (Å²) in [4.78, 5) is 36.3. The van der Waals surface area contributed by atoms with Gasteiger partial charge in [-0.1, -0.05) is 19.8 Å². The van der Waals surface area contributed by atoms with E-state index in [-0.39, 0.29) is 17.3 Å². The summed E-state index contributed by atoms with van der Waals surface area (Å²) >= 11 is 0. The molecule has 1 aliphatic carbocycles. The van der Waals surface area contributed by atoms with Crippen LogP contribution in [-0.2, 0) is 4.79 Å². The molecule has 1 saturated carbocycles. The van der Waals surface area contributed by atoms with Gasteiger partial charge in [-0.25, -0.2) is 4.79 Å². The van der Waals surface area contributed by atoms with Crippen LogP contribution in [0, 0.1) is 16.0 Å². The van der Waals surface area contributed by atoms with Crippen LogP contribution in [0.15, 0.2) is 12.3 Å². The molecule has 0 aliphatic heterocycles. The van der Waals surface area contributed by atoms with E-state index in [2.05, 4.69) is 10.3 Å². The number of aromatic amines is 1. The van der Waals surface area contributed by atoms with Gasteiger partial charge in [0.2, 0.25) is 0 Å². The number of aromatic nitrogens is 1. The topological polar surface area (TPSA) is 125 Å². The highest BCUT2D eigenvalue weighted by molar-refractivity contribution is 5.97. The molecule has 2 atom stereocenters. The lowest BCUT2D eigenvalue weighted by atomic mass is 9.73. The smallest absolute Gasteiger partial charge is 0.329 e. The minimum atomic E-state index is -1.31. The summed E-state index contributed by atoms with van der Waals surface area (Å²) in [6.45, 7) is 1.80. The van der Waals surface area contributed by atoms with Crippen LogP contribution in [-0.4, -0.2) is 32.4 Å². The lowest BCUT2D eigenvalue weighted by Crippen LogP contribution is -2.60. The highest BCUT2D eigenvalue weighted by Gasteiger charge is 2.46. The number of nitrogens with zero attached hydrogens (tertiary/aromatic N) is 1. The van der Waals surface area contributed by atoms with Gasteiger partial charge >= 0.3 is 5.97 Å². The largest absolute Gasteiger partial charge is 0.479 e. The maximum absolute atomic E-state index is 12.2. The first kappa shape index (κ1) is 15.0. The van der Waals surface area contributed by atoms with Crippen LogP contribution < -0.4 is 5.32 Å². The average molecular weight is 295 g/mol. The van der Waals surface area contributed by atoms with Crippen molar-refractivity contribution in [3.63, 3.8) is 0 Å². The number of hydrogen-bond acceptors (Lipinski definition) is 4. The Morgan fingerprint density at radius 1 is 1.52 bits per heavy atom.